The van der Waals surface area contributed by atoms with E-state index >= 15 is 0 Å². The van der Waals surface area contributed by atoms with Crippen LogP contribution in [0, 0.1) is 5.92 Å². The standard InChI is InChI=1S/C23H28N6O2/c1-4-29-18-11-16-15(10-14(18)23(2,3)22(29)31)26-21(27-16)20-17(12-24-28-20)25-19(30)9-13-7-5-6-8-13/h10-13H,4-9H2,1-3H3,(H,24,28)(H,25,30)(H,26,27). The quantitative estimate of drug-likeness (QED) is 0.577. The Morgan fingerprint density at radius 3 is 2.81 bits per heavy atom. The Labute approximate surface area is 180 Å². The molecule has 3 aromatic rings. The predicted molar refractivity (Wildman–Crippen MR) is 120 cm³/mol. The van der Waals surface area contributed by atoms with Gasteiger partial charge in [-0.25, -0.2) is 4.98 Å². The number of amides is 2. The molecule has 2 aliphatic rings. The molecule has 0 bridgehead atoms. The van der Waals surface area contributed by atoms with E-state index in [0.717, 1.165) is 35.1 Å². The van der Waals surface area contributed by atoms with Crippen LogP contribution in [0.3, 0.4) is 0 Å². The van der Waals surface area contributed by atoms with E-state index in [1.165, 1.54) is 12.8 Å². The number of aromatic nitrogens is 4. The molecule has 162 valence electrons. The second-order valence-corrected chi connectivity index (χ2v) is 9.20. The average Bonchev–Trinajstić information content (AvgIpc) is 3.49. The summed E-state index contributed by atoms with van der Waals surface area (Å²) in [6.45, 7) is 6.51. The van der Waals surface area contributed by atoms with E-state index in [0.29, 0.717) is 36.1 Å². The number of likely N-dealkylation sites (N-methyl/N-ethyl adjacent to an activating group) is 1. The normalized spacial score (nSPS) is 18.2. The molecule has 1 aliphatic heterocycles. The third-order valence-electron chi connectivity index (χ3n) is 6.75. The molecule has 2 aromatic heterocycles. The fourth-order valence-corrected chi connectivity index (χ4v) is 5.00. The molecule has 3 N–H and O–H groups in total. The van der Waals surface area contributed by atoms with Crippen LogP contribution in [-0.2, 0) is 15.0 Å². The van der Waals surface area contributed by atoms with Gasteiger partial charge in [-0.05, 0) is 57.2 Å². The van der Waals surface area contributed by atoms with Gasteiger partial charge in [-0.3, -0.25) is 14.7 Å². The first kappa shape index (κ1) is 19.8. The predicted octanol–water partition coefficient (Wildman–Crippen LogP) is 4.12. The first-order chi connectivity index (χ1) is 14.9. The maximum atomic E-state index is 12.8. The second-order valence-electron chi connectivity index (χ2n) is 9.20. The Kier molecular flexibility index (Phi) is 4.60. The van der Waals surface area contributed by atoms with Gasteiger partial charge in [0.05, 0.1) is 27.8 Å². The van der Waals surface area contributed by atoms with E-state index in [1.807, 2.05) is 37.8 Å². The molecule has 1 fully saturated rings. The van der Waals surface area contributed by atoms with Crippen molar-refractivity contribution < 1.29 is 9.59 Å². The van der Waals surface area contributed by atoms with Crippen LogP contribution in [0.4, 0.5) is 11.4 Å². The summed E-state index contributed by atoms with van der Waals surface area (Å²) in [4.78, 5) is 35.1. The van der Waals surface area contributed by atoms with Crippen molar-refractivity contribution in [3.8, 4) is 11.5 Å². The van der Waals surface area contributed by atoms with E-state index in [9.17, 15) is 9.59 Å². The fourth-order valence-electron chi connectivity index (χ4n) is 5.00. The summed E-state index contributed by atoms with van der Waals surface area (Å²) in [7, 11) is 0. The Morgan fingerprint density at radius 1 is 1.29 bits per heavy atom. The summed E-state index contributed by atoms with van der Waals surface area (Å²) in [6, 6.07) is 3.98. The lowest BCUT2D eigenvalue weighted by Crippen LogP contribution is -2.35. The van der Waals surface area contributed by atoms with Crippen molar-refractivity contribution in [3.63, 3.8) is 0 Å². The number of imidazole rings is 1. The molecule has 0 radical (unpaired) electrons. The largest absolute Gasteiger partial charge is 0.337 e. The molecule has 1 aliphatic carbocycles. The number of H-pyrrole nitrogens is 2. The Balaban J connectivity index is 1.45. The third kappa shape index (κ3) is 3.21. The van der Waals surface area contributed by atoms with Crippen LogP contribution in [-0.4, -0.2) is 38.5 Å². The number of anilines is 2. The van der Waals surface area contributed by atoms with Crippen molar-refractivity contribution in [3.05, 3.63) is 23.9 Å². The maximum absolute atomic E-state index is 12.8. The van der Waals surface area contributed by atoms with Crippen LogP contribution in [0.5, 0.6) is 0 Å². The monoisotopic (exact) mass is 420 g/mol. The highest BCUT2D eigenvalue weighted by atomic mass is 16.2. The van der Waals surface area contributed by atoms with Gasteiger partial charge in [0.1, 0.15) is 0 Å². The fraction of sp³-hybridized carbons (Fsp3) is 0.478. The third-order valence-corrected chi connectivity index (χ3v) is 6.75. The highest BCUT2D eigenvalue weighted by Crippen LogP contribution is 2.43. The minimum Gasteiger partial charge on any atom is -0.337 e. The van der Waals surface area contributed by atoms with Gasteiger partial charge in [0.25, 0.3) is 0 Å². The molecule has 1 aromatic carbocycles. The average molecular weight is 421 g/mol. The second kappa shape index (κ2) is 7.21. The van der Waals surface area contributed by atoms with Crippen LogP contribution < -0.4 is 10.2 Å². The summed E-state index contributed by atoms with van der Waals surface area (Å²) >= 11 is 0. The highest BCUT2D eigenvalue weighted by molar-refractivity contribution is 6.09. The molecule has 0 spiro atoms. The lowest BCUT2D eigenvalue weighted by molar-refractivity contribution is -0.122. The summed E-state index contributed by atoms with van der Waals surface area (Å²) in [6.07, 6.45) is 6.94. The number of benzene rings is 1. The van der Waals surface area contributed by atoms with Gasteiger partial charge in [-0.1, -0.05) is 12.8 Å². The zero-order valence-corrected chi connectivity index (χ0v) is 18.2. The molecule has 0 atom stereocenters. The molecule has 0 saturated heterocycles. The molecule has 31 heavy (non-hydrogen) atoms. The van der Waals surface area contributed by atoms with Crippen molar-refractivity contribution in [2.75, 3.05) is 16.8 Å². The van der Waals surface area contributed by atoms with Gasteiger partial charge in [-0.15, -0.1) is 0 Å². The summed E-state index contributed by atoms with van der Waals surface area (Å²) in [5, 5.41) is 10.2. The number of nitrogens with one attached hydrogen (secondary N) is 3. The van der Waals surface area contributed by atoms with E-state index < -0.39 is 5.41 Å². The molecule has 8 heteroatoms. The van der Waals surface area contributed by atoms with Crippen LogP contribution in [0.25, 0.3) is 22.6 Å². The maximum Gasteiger partial charge on any atom is 0.237 e. The topological polar surface area (TPSA) is 107 Å². The Morgan fingerprint density at radius 2 is 2.06 bits per heavy atom. The number of rotatable bonds is 5. The van der Waals surface area contributed by atoms with Crippen LogP contribution in [0.1, 0.15) is 58.4 Å². The molecule has 8 nitrogen and oxygen atoms in total. The van der Waals surface area contributed by atoms with Crippen molar-refractivity contribution in [1.82, 2.24) is 20.2 Å². The summed E-state index contributed by atoms with van der Waals surface area (Å²) in [5.41, 5.74) is 4.16. The molecule has 2 amide bonds. The summed E-state index contributed by atoms with van der Waals surface area (Å²) in [5.74, 6) is 1.20. The number of carbonyl (C=O) groups excluding carboxylic acids is 2. The molecule has 0 unspecified atom stereocenters. The van der Waals surface area contributed by atoms with Crippen molar-refractivity contribution in [1.29, 1.82) is 0 Å². The number of hydrogen-bond acceptors (Lipinski definition) is 4. The zero-order chi connectivity index (χ0) is 21.8. The van der Waals surface area contributed by atoms with Gasteiger partial charge >= 0.3 is 0 Å². The van der Waals surface area contributed by atoms with Crippen molar-refractivity contribution >= 4 is 34.2 Å². The minimum atomic E-state index is -0.573. The minimum absolute atomic E-state index is 0.0171. The van der Waals surface area contributed by atoms with Crippen LogP contribution >= 0.6 is 0 Å². The number of hydrogen-bond donors (Lipinski definition) is 3. The van der Waals surface area contributed by atoms with E-state index in [-0.39, 0.29) is 11.8 Å². The van der Waals surface area contributed by atoms with Crippen LogP contribution in [0.15, 0.2) is 18.3 Å². The van der Waals surface area contributed by atoms with E-state index in [4.69, 9.17) is 4.98 Å². The lowest BCUT2D eigenvalue weighted by Gasteiger charge is -2.18. The number of carbonyl (C=O) groups is 2. The first-order valence-electron chi connectivity index (χ1n) is 11.1. The van der Waals surface area contributed by atoms with Gasteiger partial charge in [0.2, 0.25) is 11.8 Å². The van der Waals surface area contributed by atoms with Gasteiger partial charge in [0, 0.05) is 19.2 Å². The van der Waals surface area contributed by atoms with Crippen molar-refractivity contribution in [2.24, 2.45) is 5.92 Å². The number of aromatic amines is 2. The van der Waals surface area contributed by atoms with Crippen molar-refractivity contribution in [2.45, 2.75) is 58.3 Å². The van der Waals surface area contributed by atoms with Gasteiger partial charge in [-0.2, -0.15) is 5.10 Å². The van der Waals surface area contributed by atoms with E-state index in [2.05, 4.69) is 20.5 Å². The first-order valence-corrected chi connectivity index (χ1v) is 11.1. The van der Waals surface area contributed by atoms with Gasteiger partial charge < -0.3 is 15.2 Å². The molecule has 3 heterocycles. The zero-order valence-electron chi connectivity index (χ0n) is 18.2. The number of fused-ring (bicyclic) bond motifs is 2. The van der Waals surface area contributed by atoms with Crippen LogP contribution in [0.2, 0.25) is 0 Å². The number of nitrogens with zero attached hydrogens (tertiary/aromatic N) is 3. The van der Waals surface area contributed by atoms with E-state index in [1.54, 1.807) is 6.20 Å². The Bertz CT molecular complexity index is 1170. The molecule has 1 saturated carbocycles. The SMILES string of the molecule is CCN1C(=O)C(C)(C)c2cc3[nH]c(-c4n[nH]cc4NC(=O)CC4CCCC4)nc3cc21. The highest BCUT2D eigenvalue weighted by Gasteiger charge is 2.43. The smallest absolute Gasteiger partial charge is 0.237 e. The summed E-state index contributed by atoms with van der Waals surface area (Å²) < 4.78 is 0. The lowest BCUT2D eigenvalue weighted by atomic mass is 9.86. The molecular weight excluding hydrogens is 392 g/mol. The molecular formula is C23H28N6O2. The van der Waals surface area contributed by atoms with Gasteiger partial charge in [0.15, 0.2) is 11.5 Å². The Hall–Kier alpha value is -3.16. The molecule has 5 rings (SSSR count).